The van der Waals surface area contributed by atoms with Crippen molar-refractivity contribution in [2.45, 2.75) is 58.3 Å². The Morgan fingerprint density at radius 1 is 1.24 bits per heavy atom. The van der Waals surface area contributed by atoms with Gasteiger partial charge in [0, 0.05) is 13.1 Å². The largest absolute Gasteiger partial charge is 0.480 e. The molecule has 0 spiro atoms. The van der Waals surface area contributed by atoms with E-state index in [0.29, 0.717) is 12.2 Å². The van der Waals surface area contributed by atoms with Crippen molar-refractivity contribution in [3.63, 3.8) is 0 Å². The van der Waals surface area contributed by atoms with E-state index >= 15 is 0 Å². The lowest BCUT2D eigenvalue weighted by Gasteiger charge is -2.38. The van der Waals surface area contributed by atoms with Crippen molar-refractivity contribution in [3.05, 3.63) is 0 Å². The van der Waals surface area contributed by atoms with Gasteiger partial charge in [0.2, 0.25) is 0 Å². The molecule has 2 rings (SSSR count). The third-order valence-electron chi connectivity index (χ3n) is 4.90. The molecule has 0 radical (unpaired) electrons. The SMILES string of the molecule is C[C@@H]1CN(CCC2CCN([C@H](C)C(=O)O)CC2)C[C@H](C)O1. The van der Waals surface area contributed by atoms with Crippen LogP contribution in [0.1, 0.15) is 40.0 Å². The monoisotopic (exact) mass is 298 g/mol. The van der Waals surface area contributed by atoms with Gasteiger partial charge in [-0.3, -0.25) is 14.6 Å². The average molecular weight is 298 g/mol. The first-order valence-electron chi connectivity index (χ1n) is 8.30. The smallest absolute Gasteiger partial charge is 0.320 e. The molecule has 2 heterocycles. The first kappa shape index (κ1) is 16.7. The topological polar surface area (TPSA) is 53.0 Å². The summed E-state index contributed by atoms with van der Waals surface area (Å²) in [5.41, 5.74) is 0. The summed E-state index contributed by atoms with van der Waals surface area (Å²) < 4.78 is 5.77. The highest BCUT2D eigenvalue weighted by molar-refractivity contribution is 5.72. The van der Waals surface area contributed by atoms with E-state index in [1.165, 1.54) is 6.42 Å². The van der Waals surface area contributed by atoms with Crippen LogP contribution in [0, 0.1) is 5.92 Å². The number of carboxylic acids is 1. The van der Waals surface area contributed by atoms with Gasteiger partial charge in [-0.25, -0.2) is 0 Å². The number of morpholine rings is 1. The Kier molecular flexibility index (Phi) is 6.02. The second kappa shape index (κ2) is 7.56. The fraction of sp³-hybridized carbons (Fsp3) is 0.938. The third kappa shape index (κ3) is 4.94. The molecule has 2 aliphatic rings. The number of nitrogens with zero attached hydrogens (tertiary/aromatic N) is 2. The van der Waals surface area contributed by atoms with Crippen molar-refractivity contribution in [2.24, 2.45) is 5.92 Å². The molecule has 0 aromatic carbocycles. The van der Waals surface area contributed by atoms with Crippen molar-refractivity contribution in [1.82, 2.24) is 9.80 Å². The van der Waals surface area contributed by atoms with E-state index in [-0.39, 0.29) is 6.04 Å². The first-order chi connectivity index (χ1) is 9.95. The maximum Gasteiger partial charge on any atom is 0.320 e. The number of rotatable bonds is 5. The highest BCUT2D eigenvalue weighted by Crippen LogP contribution is 2.23. The molecule has 0 unspecified atom stereocenters. The normalized spacial score (nSPS) is 31.2. The number of piperidine rings is 1. The van der Waals surface area contributed by atoms with E-state index in [9.17, 15) is 4.79 Å². The predicted octanol–water partition coefficient (Wildman–Crippen LogP) is 1.67. The summed E-state index contributed by atoms with van der Waals surface area (Å²) in [4.78, 5) is 15.6. The van der Waals surface area contributed by atoms with Crippen molar-refractivity contribution in [1.29, 1.82) is 0 Å². The van der Waals surface area contributed by atoms with Gasteiger partial charge in [0.25, 0.3) is 0 Å². The highest BCUT2D eigenvalue weighted by atomic mass is 16.5. The molecule has 2 saturated heterocycles. The highest BCUT2D eigenvalue weighted by Gasteiger charge is 2.27. The van der Waals surface area contributed by atoms with Crippen LogP contribution in [0.15, 0.2) is 0 Å². The fourth-order valence-corrected chi connectivity index (χ4v) is 3.62. The van der Waals surface area contributed by atoms with E-state index in [4.69, 9.17) is 9.84 Å². The Morgan fingerprint density at radius 3 is 2.33 bits per heavy atom. The molecule has 5 heteroatoms. The Hall–Kier alpha value is -0.650. The lowest BCUT2D eigenvalue weighted by molar-refractivity contribution is -0.143. The van der Waals surface area contributed by atoms with Gasteiger partial charge in [-0.05, 0) is 65.6 Å². The minimum Gasteiger partial charge on any atom is -0.480 e. The van der Waals surface area contributed by atoms with E-state index in [2.05, 4.69) is 23.6 Å². The minimum absolute atomic E-state index is 0.340. The molecule has 0 bridgehead atoms. The standard InChI is InChI=1S/C16H30N2O3/c1-12-10-17(11-13(2)21-12)7-4-15-5-8-18(9-6-15)14(3)16(19)20/h12-15H,4-11H2,1-3H3,(H,19,20)/t12-,13+,14-/m1/s1. The molecular formula is C16H30N2O3. The summed E-state index contributed by atoms with van der Waals surface area (Å²) in [7, 11) is 0. The number of hydrogen-bond donors (Lipinski definition) is 1. The van der Waals surface area contributed by atoms with Gasteiger partial charge < -0.3 is 9.84 Å². The quantitative estimate of drug-likeness (QED) is 0.837. The van der Waals surface area contributed by atoms with E-state index in [1.54, 1.807) is 6.92 Å². The third-order valence-corrected chi connectivity index (χ3v) is 4.90. The molecule has 0 aliphatic carbocycles. The molecular weight excluding hydrogens is 268 g/mol. The van der Waals surface area contributed by atoms with Crippen molar-refractivity contribution >= 4 is 5.97 Å². The average Bonchev–Trinajstić information content (AvgIpc) is 2.44. The number of carbonyl (C=O) groups is 1. The molecule has 2 aliphatic heterocycles. The molecule has 0 aromatic heterocycles. The minimum atomic E-state index is -0.704. The molecule has 122 valence electrons. The van der Waals surface area contributed by atoms with Gasteiger partial charge >= 0.3 is 5.97 Å². The van der Waals surface area contributed by atoms with Crippen molar-refractivity contribution in [2.75, 3.05) is 32.7 Å². The second-order valence-electron chi connectivity index (χ2n) is 6.80. The van der Waals surface area contributed by atoms with Crippen LogP contribution >= 0.6 is 0 Å². The van der Waals surface area contributed by atoms with E-state index in [0.717, 1.165) is 51.5 Å². The summed E-state index contributed by atoms with van der Waals surface area (Å²) >= 11 is 0. The predicted molar refractivity (Wildman–Crippen MR) is 82.5 cm³/mol. The summed E-state index contributed by atoms with van der Waals surface area (Å²) in [6.45, 7) is 11.2. The summed E-state index contributed by atoms with van der Waals surface area (Å²) in [6.07, 6.45) is 4.17. The zero-order valence-corrected chi connectivity index (χ0v) is 13.6. The van der Waals surface area contributed by atoms with Crippen molar-refractivity contribution < 1.29 is 14.6 Å². The first-order valence-corrected chi connectivity index (χ1v) is 8.30. The lowest BCUT2D eigenvalue weighted by atomic mass is 9.92. The van der Waals surface area contributed by atoms with Crippen molar-refractivity contribution in [3.8, 4) is 0 Å². The maximum atomic E-state index is 11.0. The van der Waals surface area contributed by atoms with E-state index < -0.39 is 5.97 Å². The molecule has 3 atom stereocenters. The van der Waals surface area contributed by atoms with Crippen LogP contribution in [-0.2, 0) is 9.53 Å². The Balaban J connectivity index is 1.68. The van der Waals surface area contributed by atoms with Gasteiger partial charge in [-0.1, -0.05) is 0 Å². The zero-order valence-electron chi connectivity index (χ0n) is 13.6. The van der Waals surface area contributed by atoms with Gasteiger partial charge in [0.1, 0.15) is 6.04 Å². The maximum absolute atomic E-state index is 11.0. The van der Waals surface area contributed by atoms with Gasteiger partial charge in [-0.15, -0.1) is 0 Å². The number of ether oxygens (including phenoxy) is 1. The summed E-state index contributed by atoms with van der Waals surface area (Å²) in [6, 6.07) is -0.341. The number of carboxylic acid groups (broad SMARTS) is 1. The van der Waals surface area contributed by atoms with Crippen LogP contribution in [0.3, 0.4) is 0 Å². The molecule has 1 N–H and O–H groups in total. The summed E-state index contributed by atoms with van der Waals surface area (Å²) in [5.74, 6) is 0.0421. The van der Waals surface area contributed by atoms with Crippen LogP contribution < -0.4 is 0 Å². The molecule has 0 saturated carbocycles. The van der Waals surface area contributed by atoms with E-state index in [1.807, 2.05) is 0 Å². The number of likely N-dealkylation sites (tertiary alicyclic amines) is 1. The number of hydrogen-bond acceptors (Lipinski definition) is 4. The Labute approximate surface area is 128 Å². The van der Waals surface area contributed by atoms with Crippen LogP contribution in [0.5, 0.6) is 0 Å². The van der Waals surface area contributed by atoms with Crippen LogP contribution in [0.4, 0.5) is 0 Å². The molecule has 21 heavy (non-hydrogen) atoms. The second-order valence-corrected chi connectivity index (χ2v) is 6.80. The van der Waals surface area contributed by atoms with Gasteiger partial charge in [0.05, 0.1) is 12.2 Å². The zero-order chi connectivity index (χ0) is 15.4. The van der Waals surface area contributed by atoms with Gasteiger partial charge in [0.15, 0.2) is 0 Å². The fourth-order valence-electron chi connectivity index (χ4n) is 3.62. The summed E-state index contributed by atoms with van der Waals surface area (Å²) in [5, 5.41) is 9.06. The molecule has 0 aromatic rings. The van der Waals surface area contributed by atoms with Crippen LogP contribution in [0.2, 0.25) is 0 Å². The Bertz CT molecular complexity index is 332. The van der Waals surface area contributed by atoms with Crippen LogP contribution in [-0.4, -0.2) is 71.8 Å². The lowest BCUT2D eigenvalue weighted by Crippen LogP contribution is -2.47. The Morgan fingerprint density at radius 2 is 1.81 bits per heavy atom. The van der Waals surface area contributed by atoms with Crippen LogP contribution in [0.25, 0.3) is 0 Å². The molecule has 0 amide bonds. The molecule has 5 nitrogen and oxygen atoms in total. The van der Waals surface area contributed by atoms with Gasteiger partial charge in [-0.2, -0.15) is 0 Å². The number of aliphatic carboxylic acids is 1. The molecule has 2 fully saturated rings.